The minimum atomic E-state index is -4.40. The van der Waals surface area contributed by atoms with E-state index in [2.05, 4.69) is 32.3 Å². The normalized spacial score (nSPS) is 11.7. The number of aliphatic imine (C=N–C) groups is 1. The second-order valence-corrected chi connectivity index (χ2v) is 5.84. The highest BCUT2D eigenvalue weighted by Crippen LogP contribution is 2.17. The van der Waals surface area contributed by atoms with E-state index in [-0.39, 0.29) is 29.9 Å². The zero-order chi connectivity index (χ0) is 20.7. The topological polar surface area (TPSA) is 77.0 Å². The molecule has 29 heavy (non-hydrogen) atoms. The number of hydrogen-bond donors (Lipinski definition) is 2. The minimum absolute atomic E-state index is 0. The van der Waals surface area contributed by atoms with Crippen molar-refractivity contribution in [1.29, 1.82) is 0 Å². The predicted molar refractivity (Wildman–Crippen MR) is 116 cm³/mol. The van der Waals surface area contributed by atoms with Gasteiger partial charge in [0.15, 0.2) is 12.6 Å². The molecule has 0 fully saturated rings. The molecule has 1 aromatic rings. The number of aromatic nitrogens is 1. The van der Waals surface area contributed by atoms with Gasteiger partial charge in [0.2, 0.25) is 5.88 Å². The number of halogens is 4. The lowest BCUT2D eigenvalue weighted by molar-refractivity contribution is -0.154. The van der Waals surface area contributed by atoms with Crippen LogP contribution in [0, 0.1) is 0 Å². The maximum Gasteiger partial charge on any atom is 0.422 e. The number of nitrogens with one attached hydrogen (secondary N) is 2. The minimum Gasteiger partial charge on any atom is -0.468 e. The largest absolute Gasteiger partial charge is 0.468 e. The zero-order valence-electron chi connectivity index (χ0n) is 16.8. The first-order valence-corrected chi connectivity index (χ1v) is 9.19. The van der Waals surface area contributed by atoms with Crippen LogP contribution in [0.4, 0.5) is 13.2 Å². The van der Waals surface area contributed by atoms with Crippen LogP contribution in [0.5, 0.6) is 5.88 Å². The summed E-state index contributed by atoms with van der Waals surface area (Å²) in [6, 6.07) is 3.13. The van der Waals surface area contributed by atoms with Gasteiger partial charge in [0, 0.05) is 39.0 Å². The van der Waals surface area contributed by atoms with Crippen LogP contribution in [0.15, 0.2) is 23.3 Å². The molecule has 0 aromatic carbocycles. The highest BCUT2D eigenvalue weighted by atomic mass is 127. The lowest BCUT2D eigenvalue weighted by atomic mass is 10.2. The average molecular weight is 534 g/mol. The Morgan fingerprint density at radius 2 is 1.86 bits per heavy atom. The molecule has 0 radical (unpaired) electrons. The Morgan fingerprint density at radius 1 is 1.14 bits per heavy atom. The molecule has 2 N–H and O–H groups in total. The molecule has 1 heterocycles. The average Bonchev–Trinajstić information content (AvgIpc) is 2.67. The van der Waals surface area contributed by atoms with Gasteiger partial charge in [-0.25, -0.2) is 4.98 Å². The van der Waals surface area contributed by atoms with Gasteiger partial charge >= 0.3 is 6.18 Å². The Bertz CT molecular complexity index is 578. The quantitative estimate of drug-likeness (QED) is 0.175. The molecule has 0 amide bonds. The van der Waals surface area contributed by atoms with Crippen molar-refractivity contribution in [2.75, 3.05) is 46.6 Å². The number of nitrogens with zero attached hydrogens (tertiary/aromatic N) is 2. The molecular weight excluding hydrogens is 504 g/mol. The molecule has 1 rings (SSSR count). The number of rotatable bonds is 13. The summed E-state index contributed by atoms with van der Waals surface area (Å²) in [6.07, 6.45) is -0.837. The van der Waals surface area contributed by atoms with Crippen LogP contribution in [0.2, 0.25) is 0 Å². The van der Waals surface area contributed by atoms with Crippen LogP contribution in [0.3, 0.4) is 0 Å². The Morgan fingerprint density at radius 3 is 2.52 bits per heavy atom. The molecule has 0 spiro atoms. The number of ether oxygens (including phenoxy) is 3. The SMILES string of the molecule is CCCCOCCOCCNC(=NC)NCc1ccnc(OCC(F)(F)F)c1.I. The molecule has 0 aliphatic carbocycles. The Kier molecular flexibility index (Phi) is 15.7. The summed E-state index contributed by atoms with van der Waals surface area (Å²) in [7, 11) is 1.63. The fraction of sp³-hybridized carbons (Fsp3) is 0.667. The molecule has 0 saturated carbocycles. The van der Waals surface area contributed by atoms with Gasteiger partial charge in [0.1, 0.15) is 0 Å². The van der Waals surface area contributed by atoms with E-state index in [0.717, 1.165) is 25.0 Å². The van der Waals surface area contributed by atoms with Crippen molar-refractivity contribution in [1.82, 2.24) is 15.6 Å². The summed E-state index contributed by atoms with van der Waals surface area (Å²) in [5, 5.41) is 6.15. The smallest absolute Gasteiger partial charge is 0.422 e. The summed E-state index contributed by atoms with van der Waals surface area (Å²) >= 11 is 0. The van der Waals surface area contributed by atoms with Crippen molar-refractivity contribution in [3.8, 4) is 5.88 Å². The molecule has 0 unspecified atom stereocenters. The van der Waals surface area contributed by atoms with Crippen molar-refractivity contribution >= 4 is 29.9 Å². The summed E-state index contributed by atoms with van der Waals surface area (Å²) in [6.45, 7) is 4.03. The first-order chi connectivity index (χ1) is 13.4. The highest BCUT2D eigenvalue weighted by molar-refractivity contribution is 14.0. The van der Waals surface area contributed by atoms with Crippen LogP contribution in [0.25, 0.3) is 0 Å². The standard InChI is InChI=1S/C18H29F3N4O3.HI/c1-3-4-8-26-10-11-27-9-7-24-17(22-2)25-13-15-5-6-23-16(12-15)28-14-18(19,20)21;/h5-6,12H,3-4,7-11,13-14H2,1-2H3,(H2,22,24,25);1H. The number of pyridine rings is 1. The molecule has 0 aliphatic rings. The molecule has 0 saturated heterocycles. The van der Waals surface area contributed by atoms with Crippen molar-refractivity contribution in [3.63, 3.8) is 0 Å². The molecule has 0 atom stereocenters. The molecular formula is C18H30F3IN4O3. The van der Waals surface area contributed by atoms with Crippen LogP contribution >= 0.6 is 24.0 Å². The Labute approximate surface area is 186 Å². The van der Waals surface area contributed by atoms with E-state index in [1.54, 1.807) is 13.1 Å². The van der Waals surface area contributed by atoms with Crippen LogP contribution in [-0.4, -0.2) is 63.7 Å². The summed E-state index contributed by atoms with van der Waals surface area (Å²) in [4.78, 5) is 7.85. The summed E-state index contributed by atoms with van der Waals surface area (Å²) in [5.41, 5.74) is 0.718. The van der Waals surface area contributed by atoms with Crippen molar-refractivity contribution < 1.29 is 27.4 Å². The van der Waals surface area contributed by atoms with E-state index < -0.39 is 12.8 Å². The monoisotopic (exact) mass is 534 g/mol. The predicted octanol–water partition coefficient (Wildman–Crippen LogP) is 3.14. The van der Waals surface area contributed by atoms with Gasteiger partial charge in [0.25, 0.3) is 0 Å². The first-order valence-electron chi connectivity index (χ1n) is 9.19. The maximum absolute atomic E-state index is 12.2. The van der Waals surface area contributed by atoms with Crippen LogP contribution in [0.1, 0.15) is 25.3 Å². The number of alkyl halides is 3. The number of guanidine groups is 1. The van der Waals surface area contributed by atoms with E-state index in [1.165, 1.54) is 12.3 Å². The van der Waals surface area contributed by atoms with Gasteiger partial charge in [-0.1, -0.05) is 13.3 Å². The second kappa shape index (κ2) is 16.5. The molecule has 168 valence electrons. The van der Waals surface area contributed by atoms with Gasteiger partial charge in [-0.2, -0.15) is 13.2 Å². The molecule has 0 aliphatic heterocycles. The Balaban J connectivity index is 0.00000784. The molecule has 11 heteroatoms. The molecule has 7 nitrogen and oxygen atoms in total. The van der Waals surface area contributed by atoms with Gasteiger partial charge in [-0.15, -0.1) is 24.0 Å². The van der Waals surface area contributed by atoms with Gasteiger partial charge in [-0.3, -0.25) is 4.99 Å². The summed E-state index contributed by atoms with van der Waals surface area (Å²) in [5.74, 6) is 0.478. The lowest BCUT2D eigenvalue weighted by Crippen LogP contribution is -2.38. The second-order valence-electron chi connectivity index (χ2n) is 5.84. The molecule has 1 aromatic heterocycles. The van der Waals surface area contributed by atoms with Gasteiger partial charge in [0.05, 0.1) is 19.8 Å². The molecule has 0 bridgehead atoms. The maximum atomic E-state index is 12.2. The van der Waals surface area contributed by atoms with E-state index >= 15 is 0 Å². The van der Waals surface area contributed by atoms with Crippen molar-refractivity contribution in [2.45, 2.75) is 32.5 Å². The van der Waals surface area contributed by atoms with Gasteiger partial charge < -0.3 is 24.8 Å². The first kappa shape index (κ1) is 27.7. The van der Waals surface area contributed by atoms with Crippen molar-refractivity contribution in [2.24, 2.45) is 4.99 Å². The zero-order valence-corrected chi connectivity index (χ0v) is 19.1. The third-order valence-electron chi connectivity index (χ3n) is 3.42. The fourth-order valence-electron chi connectivity index (χ4n) is 2.01. The Hall–Kier alpha value is -1.34. The van der Waals surface area contributed by atoms with E-state index in [1.807, 2.05) is 0 Å². The summed E-state index contributed by atoms with van der Waals surface area (Å²) < 4.78 is 52.1. The fourth-order valence-corrected chi connectivity index (χ4v) is 2.01. The van der Waals surface area contributed by atoms with Gasteiger partial charge in [-0.05, 0) is 18.1 Å². The van der Waals surface area contributed by atoms with E-state index in [9.17, 15) is 13.2 Å². The number of unbranched alkanes of at least 4 members (excludes halogenated alkanes) is 1. The van der Waals surface area contributed by atoms with E-state index in [0.29, 0.717) is 38.9 Å². The van der Waals surface area contributed by atoms with E-state index in [4.69, 9.17) is 9.47 Å². The highest BCUT2D eigenvalue weighted by Gasteiger charge is 2.28. The van der Waals surface area contributed by atoms with Crippen LogP contribution < -0.4 is 15.4 Å². The van der Waals surface area contributed by atoms with Crippen molar-refractivity contribution in [3.05, 3.63) is 23.9 Å². The third kappa shape index (κ3) is 15.2. The number of hydrogen-bond acceptors (Lipinski definition) is 5. The lowest BCUT2D eigenvalue weighted by Gasteiger charge is -2.13. The third-order valence-corrected chi connectivity index (χ3v) is 3.42. The van der Waals surface area contributed by atoms with Crippen LogP contribution in [-0.2, 0) is 16.0 Å².